The molecule has 32 heavy (non-hydrogen) atoms. The number of halogens is 1. The Morgan fingerprint density at radius 2 is 1.72 bits per heavy atom. The van der Waals surface area contributed by atoms with E-state index in [0.29, 0.717) is 29.3 Å². The summed E-state index contributed by atoms with van der Waals surface area (Å²) in [5.74, 6) is 0.160. The van der Waals surface area contributed by atoms with Crippen LogP contribution in [0.4, 0.5) is 10.3 Å². The molecular formula is C25H24FN5O. The van der Waals surface area contributed by atoms with Gasteiger partial charge in [0.2, 0.25) is 5.95 Å². The lowest BCUT2D eigenvalue weighted by molar-refractivity contribution is 0.599. The zero-order chi connectivity index (χ0) is 22.2. The summed E-state index contributed by atoms with van der Waals surface area (Å²) in [4.78, 5) is 22.4. The second-order valence-corrected chi connectivity index (χ2v) is 8.18. The molecule has 0 radical (unpaired) electrons. The zero-order valence-corrected chi connectivity index (χ0v) is 18.0. The molecule has 3 heterocycles. The van der Waals surface area contributed by atoms with E-state index in [-0.39, 0.29) is 17.4 Å². The first kappa shape index (κ1) is 20.2. The fraction of sp³-hybridized carbons (Fsp3) is 0.240. The molecule has 1 N–H and O–H groups in total. The van der Waals surface area contributed by atoms with Crippen LogP contribution in [0, 0.1) is 12.7 Å². The van der Waals surface area contributed by atoms with Crippen LogP contribution in [0.3, 0.4) is 0 Å². The number of aromatic nitrogens is 4. The van der Waals surface area contributed by atoms with Crippen molar-refractivity contribution in [3.63, 3.8) is 0 Å². The smallest absolute Gasteiger partial charge is 0.275 e. The van der Waals surface area contributed by atoms with E-state index in [1.807, 2.05) is 10.7 Å². The molecule has 0 bridgehead atoms. The van der Waals surface area contributed by atoms with Gasteiger partial charge >= 0.3 is 0 Å². The van der Waals surface area contributed by atoms with Crippen molar-refractivity contribution < 1.29 is 4.39 Å². The van der Waals surface area contributed by atoms with Crippen molar-refractivity contribution in [2.24, 2.45) is 0 Å². The molecule has 1 atom stereocenters. The molecule has 162 valence electrons. The van der Waals surface area contributed by atoms with Gasteiger partial charge in [0, 0.05) is 19.3 Å². The van der Waals surface area contributed by atoms with Gasteiger partial charge in [0.05, 0.1) is 23.0 Å². The monoisotopic (exact) mass is 429 g/mol. The Labute approximate surface area is 185 Å². The molecule has 0 amide bonds. The van der Waals surface area contributed by atoms with Crippen LogP contribution in [-0.2, 0) is 13.1 Å². The third-order valence-corrected chi connectivity index (χ3v) is 5.93. The second-order valence-electron chi connectivity index (χ2n) is 8.18. The molecule has 7 heteroatoms. The van der Waals surface area contributed by atoms with Gasteiger partial charge in [0.1, 0.15) is 5.82 Å². The number of nitrogens with one attached hydrogen (secondary N) is 1. The molecule has 4 aromatic rings. The van der Waals surface area contributed by atoms with E-state index >= 15 is 0 Å². The highest BCUT2D eigenvalue weighted by Gasteiger charge is 2.26. The maximum absolute atomic E-state index is 13.5. The molecular weight excluding hydrogens is 405 g/mol. The van der Waals surface area contributed by atoms with Gasteiger partial charge in [-0.15, -0.1) is 0 Å². The highest BCUT2D eigenvalue weighted by molar-refractivity contribution is 5.79. The van der Waals surface area contributed by atoms with Gasteiger partial charge in [-0.3, -0.25) is 9.48 Å². The van der Waals surface area contributed by atoms with Crippen molar-refractivity contribution in [2.45, 2.75) is 39.4 Å². The lowest BCUT2D eigenvalue weighted by Gasteiger charge is -2.15. The summed E-state index contributed by atoms with van der Waals surface area (Å²) in [6.07, 6.45) is 2.59. The first-order valence-electron chi connectivity index (χ1n) is 10.8. The first-order valence-corrected chi connectivity index (χ1v) is 10.8. The number of nitrogens with zero attached hydrogens (tertiary/aromatic N) is 4. The standard InChI is InChI=1S/C25H24FN5O/c1-16-4-6-18(7-5-16)17(2)28-25-27-13-12-21(29-25)23-22(19-8-10-20(26)11-9-19)24(32)31-15-3-14-30(23)31/h4-13,17H,3,14-15H2,1-2H3,(H,27,28,29)/t17-/m1/s1. The SMILES string of the molecule is Cc1ccc([C@@H](C)Nc2nccc(-c3c(-c4ccc(F)cc4)c(=O)n4n3CCC4)n2)cc1. The van der Waals surface area contributed by atoms with E-state index in [1.54, 1.807) is 23.0 Å². The van der Waals surface area contributed by atoms with Gasteiger partial charge in [-0.1, -0.05) is 42.0 Å². The maximum atomic E-state index is 13.5. The zero-order valence-electron chi connectivity index (χ0n) is 18.0. The van der Waals surface area contributed by atoms with Gasteiger partial charge < -0.3 is 5.32 Å². The molecule has 2 aromatic heterocycles. The van der Waals surface area contributed by atoms with Crippen molar-refractivity contribution in [2.75, 3.05) is 5.32 Å². The average molecular weight is 429 g/mol. The summed E-state index contributed by atoms with van der Waals surface area (Å²) >= 11 is 0. The summed E-state index contributed by atoms with van der Waals surface area (Å²) in [5, 5.41) is 3.36. The largest absolute Gasteiger partial charge is 0.348 e. The molecule has 5 rings (SSSR count). The average Bonchev–Trinajstić information content (AvgIpc) is 3.37. The summed E-state index contributed by atoms with van der Waals surface area (Å²) in [6, 6.07) is 16.2. The van der Waals surface area contributed by atoms with Gasteiger partial charge in [0.15, 0.2) is 0 Å². The van der Waals surface area contributed by atoms with Crippen molar-refractivity contribution in [3.05, 3.63) is 88.1 Å². The van der Waals surface area contributed by atoms with E-state index in [2.05, 4.69) is 48.4 Å². The topological polar surface area (TPSA) is 64.7 Å². The van der Waals surface area contributed by atoms with Crippen LogP contribution in [0.2, 0.25) is 0 Å². The van der Waals surface area contributed by atoms with Gasteiger partial charge in [-0.2, -0.15) is 0 Å². The fourth-order valence-corrected chi connectivity index (χ4v) is 4.24. The summed E-state index contributed by atoms with van der Waals surface area (Å²) < 4.78 is 17.2. The Balaban J connectivity index is 1.56. The molecule has 1 aliphatic rings. The van der Waals surface area contributed by atoms with Crippen LogP contribution < -0.4 is 10.9 Å². The quantitative estimate of drug-likeness (QED) is 0.495. The Kier molecular flexibility index (Phi) is 5.09. The van der Waals surface area contributed by atoms with Gasteiger partial charge in [-0.05, 0) is 49.6 Å². The third-order valence-electron chi connectivity index (χ3n) is 5.93. The predicted octanol–water partition coefficient (Wildman–Crippen LogP) is 4.80. The molecule has 0 saturated carbocycles. The minimum absolute atomic E-state index is 0.0184. The number of aryl methyl sites for hydroxylation is 1. The summed E-state index contributed by atoms with van der Waals surface area (Å²) in [5.41, 5.74) is 4.90. The summed E-state index contributed by atoms with van der Waals surface area (Å²) in [7, 11) is 0. The summed E-state index contributed by atoms with van der Waals surface area (Å²) in [6.45, 7) is 5.52. The number of hydrogen-bond donors (Lipinski definition) is 1. The molecule has 1 aliphatic heterocycles. The lowest BCUT2D eigenvalue weighted by atomic mass is 10.0. The van der Waals surface area contributed by atoms with E-state index in [1.165, 1.54) is 17.7 Å². The van der Waals surface area contributed by atoms with Crippen molar-refractivity contribution in [1.29, 1.82) is 0 Å². The molecule has 0 saturated heterocycles. The van der Waals surface area contributed by atoms with E-state index in [4.69, 9.17) is 4.98 Å². The lowest BCUT2D eigenvalue weighted by Crippen LogP contribution is -2.17. The number of hydrogen-bond acceptors (Lipinski definition) is 4. The van der Waals surface area contributed by atoms with E-state index in [9.17, 15) is 9.18 Å². The molecule has 0 fully saturated rings. The van der Waals surface area contributed by atoms with Crippen LogP contribution in [0.5, 0.6) is 0 Å². The minimum Gasteiger partial charge on any atom is -0.348 e. The van der Waals surface area contributed by atoms with Crippen molar-refractivity contribution in [3.8, 4) is 22.5 Å². The Morgan fingerprint density at radius 1 is 1.00 bits per heavy atom. The van der Waals surface area contributed by atoms with Crippen LogP contribution in [-0.4, -0.2) is 19.3 Å². The molecule has 0 unspecified atom stereocenters. The Bertz CT molecular complexity index is 1320. The highest BCUT2D eigenvalue weighted by atomic mass is 19.1. The highest BCUT2D eigenvalue weighted by Crippen LogP contribution is 2.32. The minimum atomic E-state index is -0.333. The molecule has 0 spiro atoms. The normalized spacial score (nSPS) is 13.7. The number of anilines is 1. The van der Waals surface area contributed by atoms with Gasteiger partial charge in [0.25, 0.3) is 5.56 Å². The number of fused-ring (bicyclic) bond motifs is 1. The molecule has 6 nitrogen and oxygen atoms in total. The Morgan fingerprint density at radius 3 is 2.47 bits per heavy atom. The number of benzene rings is 2. The predicted molar refractivity (Wildman–Crippen MR) is 123 cm³/mol. The fourth-order valence-electron chi connectivity index (χ4n) is 4.24. The molecule has 2 aromatic carbocycles. The van der Waals surface area contributed by atoms with Crippen LogP contribution in [0.15, 0.2) is 65.6 Å². The maximum Gasteiger partial charge on any atom is 0.275 e. The number of rotatable bonds is 5. The van der Waals surface area contributed by atoms with Gasteiger partial charge in [-0.25, -0.2) is 19.0 Å². The Hall–Kier alpha value is -3.74. The second kappa shape index (κ2) is 8.07. The van der Waals surface area contributed by atoms with Crippen molar-refractivity contribution in [1.82, 2.24) is 19.3 Å². The van der Waals surface area contributed by atoms with Crippen LogP contribution >= 0.6 is 0 Å². The van der Waals surface area contributed by atoms with Crippen LogP contribution in [0.25, 0.3) is 22.5 Å². The molecule has 0 aliphatic carbocycles. The third kappa shape index (κ3) is 3.60. The van der Waals surface area contributed by atoms with Crippen LogP contribution in [0.1, 0.15) is 30.5 Å². The first-order chi connectivity index (χ1) is 15.5. The van der Waals surface area contributed by atoms with E-state index < -0.39 is 0 Å². The van der Waals surface area contributed by atoms with E-state index in [0.717, 1.165) is 24.2 Å². The van der Waals surface area contributed by atoms with Crippen molar-refractivity contribution >= 4 is 5.95 Å².